The summed E-state index contributed by atoms with van der Waals surface area (Å²) in [6.45, 7) is 5.91. The van der Waals surface area contributed by atoms with Gasteiger partial charge in [0.25, 0.3) is 0 Å². The van der Waals surface area contributed by atoms with E-state index in [0.29, 0.717) is 35.3 Å². The van der Waals surface area contributed by atoms with E-state index in [1.807, 2.05) is 86.7 Å². The molecule has 224 valence electrons. The van der Waals surface area contributed by atoms with Crippen molar-refractivity contribution in [2.45, 2.75) is 52.4 Å². The second kappa shape index (κ2) is 10.6. The molecule has 6 atom stereocenters. The van der Waals surface area contributed by atoms with Crippen molar-refractivity contribution in [1.82, 2.24) is 0 Å². The molecule has 7 rings (SSSR count). The zero-order valence-electron chi connectivity index (χ0n) is 25.2. The number of anilines is 2. The number of fused-ring (bicyclic) bond motifs is 4. The molecule has 1 saturated carbocycles. The molecule has 3 fully saturated rings. The van der Waals surface area contributed by atoms with Crippen LogP contribution >= 0.6 is 0 Å². The highest BCUT2D eigenvalue weighted by Gasteiger charge is 2.62. The molecule has 2 saturated heterocycles. The lowest BCUT2D eigenvalue weighted by molar-refractivity contribution is -0.126. The van der Waals surface area contributed by atoms with E-state index in [0.717, 1.165) is 29.5 Å². The van der Waals surface area contributed by atoms with Crippen LogP contribution in [0.3, 0.4) is 0 Å². The van der Waals surface area contributed by atoms with Crippen LogP contribution in [0.5, 0.6) is 5.75 Å². The summed E-state index contributed by atoms with van der Waals surface area (Å²) in [5.41, 5.74) is 5.45. The number of phenolic OH excluding ortho intramolecular Hbond substituents is 1. The number of benzene rings is 3. The van der Waals surface area contributed by atoms with Crippen molar-refractivity contribution in [3.8, 4) is 5.75 Å². The van der Waals surface area contributed by atoms with Crippen LogP contribution in [-0.4, -0.2) is 28.7 Å². The summed E-state index contributed by atoms with van der Waals surface area (Å²) < 4.78 is 0. The number of amides is 4. The van der Waals surface area contributed by atoms with Crippen LogP contribution in [-0.2, 0) is 32.0 Å². The Labute approximate surface area is 257 Å². The first kappa shape index (κ1) is 28.3. The third-order valence-electron chi connectivity index (χ3n) is 10.5. The molecule has 0 aromatic heterocycles. The number of nitrogens with zero attached hydrogens (tertiary/aromatic N) is 2. The zero-order chi connectivity index (χ0) is 30.9. The molecule has 1 N–H and O–H groups in total. The van der Waals surface area contributed by atoms with E-state index in [4.69, 9.17) is 0 Å². The SMILES string of the molecule is CCc1ccc(N2C(=O)C3CC=C4C(CC5C(=O)N(c6ccc(CC)cc6)C(=O)C5C4c4cccc(C)c4O)C3C2=O)cc1. The Morgan fingerprint density at radius 1 is 0.682 bits per heavy atom. The van der Waals surface area contributed by atoms with E-state index >= 15 is 0 Å². The maximum Gasteiger partial charge on any atom is 0.238 e. The summed E-state index contributed by atoms with van der Waals surface area (Å²) in [7, 11) is 0. The van der Waals surface area contributed by atoms with Crippen molar-refractivity contribution in [2.24, 2.45) is 29.6 Å². The lowest BCUT2D eigenvalue weighted by atomic mass is 9.57. The zero-order valence-corrected chi connectivity index (χ0v) is 25.2. The Balaban J connectivity index is 1.32. The molecule has 0 bridgehead atoms. The van der Waals surface area contributed by atoms with Crippen LogP contribution in [0.4, 0.5) is 11.4 Å². The van der Waals surface area contributed by atoms with Gasteiger partial charge in [-0.15, -0.1) is 0 Å². The van der Waals surface area contributed by atoms with Crippen LogP contribution in [0.1, 0.15) is 54.9 Å². The minimum atomic E-state index is -0.718. The molecular formula is C37H36N2O5. The van der Waals surface area contributed by atoms with Gasteiger partial charge in [0, 0.05) is 11.5 Å². The van der Waals surface area contributed by atoms with E-state index in [9.17, 15) is 24.3 Å². The molecule has 4 aliphatic rings. The normalized spacial score (nSPS) is 27.8. The fraction of sp³-hybridized carbons (Fsp3) is 0.351. The monoisotopic (exact) mass is 588 g/mol. The number of aromatic hydroxyl groups is 1. The Morgan fingerprint density at radius 2 is 1.23 bits per heavy atom. The Kier molecular flexibility index (Phi) is 6.80. The third kappa shape index (κ3) is 4.09. The highest BCUT2D eigenvalue weighted by atomic mass is 16.3. The van der Waals surface area contributed by atoms with Gasteiger partial charge in [-0.2, -0.15) is 0 Å². The van der Waals surface area contributed by atoms with Crippen LogP contribution in [0, 0.1) is 36.5 Å². The number of rotatable bonds is 5. The molecule has 0 spiro atoms. The van der Waals surface area contributed by atoms with Gasteiger partial charge in [0.2, 0.25) is 23.6 Å². The number of allylic oxidation sites excluding steroid dienone is 2. The van der Waals surface area contributed by atoms with Gasteiger partial charge in [0.05, 0.1) is 35.0 Å². The maximum atomic E-state index is 14.3. The van der Waals surface area contributed by atoms with Crippen LogP contribution in [0.25, 0.3) is 0 Å². The molecule has 0 radical (unpaired) electrons. The standard InChI is InChI=1S/C37H36N2O5/c1-4-21-9-13-23(14-10-21)38-34(41)27-18-17-25-28(31(27)36(38)43)19-29-32(30(25)26-8-6-7-20(3)33(26)40)37(44)39(35(29)42)24-15-11-22(5-2)12-16-24/h6-17,27-32,40H,4-5,18-19H2,1-3H3. The topological polar surface area (TPSA) is 95.0 Å². The van der Waals surface area contributed by atoms with E-state index < -0.39 is 35.5 Å². The van der Waals surface area contributed by atoms with Gasteiger partial charge in [-0.05, 0) is 79.5 Å². The molecule has 2 heterocycles. The molecule has 3 aromatic rings. The molecule has 7 heteroatoms. The number of hydrogen-bond acceptors (Lipinski definition) is 5. The quantitative estimate of drug-likeness (QED) is 0.297. The van der Waals surface area contributed by atoms with Crippen LogP contribution in [0.15, 0.2) is 78.4 Å². The first-order chi connectivity index (χ1) is 21.2. The van der Waals surface area contributed by atoms with Gasteiger partial charge in [-0.1, -0.05) is 68.0 Å². The number of hydrogen-bond donors (Lipinski definition) is 1. The number of para-hydroxylation sites is 1. The number of imide groups is 2. The molecule has 4 amide bonds. The predicted molar refractivity (Wildman–Crippen MR) is 167 cm³/mol. The summed E-state index contributed by atoms with van der Waals surface area (Å²) in [5, 5.41) is 11.3. The van der Waals surface area contributed by atoms with Crippen molar-refractivity contribution in [2.75, 3.05) is 9.80 Å². The Bertz CT molecular complexity index is 1720. The lowest BCUT2D eigenvalue weighted by Gasteiger charge is -2.44. The van der Waals surface area contributed by atoms with Crippen molar-refractivity contribution in [1.29, 1.82) is 0 Å². The molecule has 7 nitrogen and oxygen atoms in total. The number of carbonyl (C=O) groups excluding carboxylic acids is 4. The number of phenols is 1. The van der Waals surface area contributed by atoms with Gasteiger partial charge in [-0.3, -0.25) is 29.0 Å². The minimum Gasteiger partial charge on any atom is -0.507 e. The second-order valence-corrected chi connectivity index (χ2v) is 12.6. The summed E-state index contributed by atoms with van der Waals surface area (Å²) in [6.07, 6.45) is 4.38. The third-order valence-corrected chi connectivity index (χ3v) is 10.5. The minimum absolute atomic E-state index is 0.0948. The first-order valence-corrected chi connectivity index (χ1v) is 15.7. The van der Waals surface area contributed by atoms with Gasteiger partial charge in [-0.25, -0.2) is 0 Å². The highest BCUT2D eigenvalue weighted by Crippen LogP contribution is 2.59. The van der Waals surface area contributed by atoms with Gasteiger partial charge < -0.3 is 5.11 Å². The largest absolute Gasteiger partial charge is 0.507 e. The summed E-state index contributed by atoms with van der Waals surface area (Å²) in [5.74, 6) is -4.51. The van der Waals surface area contributed by atoms with Gasteiger partial charge in [0.15, 0.2) is 0 Å². The second-order valence-electron chi connectivity index (χ2n) is 12.6. The lowest BCUT2D eigenvalue weighted by Crippen LogP contribution is -2.43. The fourth-order valence-corrected chi connectivity index (χ4v) is 8.14. The summed E-state index contributed by atoms with van der Waals surface area (Å²) in [4.78, 5) is 59.0. The molecule has 44 heavy (non-hydrogen) atoms. The van der Waals surface area contributed by atoms with E-state index in [1.54, 1.807) is 0 Å². The smallest absolute Gasteiger partial charge is 0.238 e. The molecule has 3 aromatic carbocycles. The van der Waals surface area contributed by atoms with Crippen LogP contribution in [0.2, 0.25) is 0 Å². The summed E-state index contributed by atoms with van der Waals surface area (Å²) >= 11 is 0. The predicted octanol–water partition coefficient (Wildman–Crippen LogP) is 5.87. The molecule has 2 aliphatic heterocycles. The Morgan fingerprint density at radius 3 is 1.80 bits per heavy atom. The summed E-state index contributed by atoms with van der Waals surface area (Å²) in [6, 6.07) is 20.5. The number of aryl methyl sites for hydroxylation is 3. The Hall–Kier alpha value is -4.52. The molecule has 6 unspecified atom stereocenters. The van der Waals surface area contributed by atoms with Crippen molar-refractivity contribution in [3.05, 3.63) is 101 Å². The number of carbonyl (C=O) groups is 4. The average Bonchev–Trinajstić information content (AvgIpc) is 3.45. The van der Waals surface area contributed by atoms with Gasteiger partial charge in [0.1, 0.15) is 5.75 Å². The average molecular weight is 589 g/mol. The molecule has 2 aliphatic carbocycles. The van der Waals surface area contributed by atoms with Crippen molar-refractivity contribution in [3.63, 3.8) is 0 Å². The van der Waals surface area contributed by atoms with Crippen molar-refractivity contribution < 1.29 is 24.3 Å². The van der Waals surface area contributed by atoms with E-state index in [2.05, 4.69) is 6.92 Å². The van der Waals surface area contributed by atoms with E-state index in [1.165, 1.54) is 9.80 Å². The van der Waals surface area contributed by atoms with Gasteiger partial charge >= 0.3 is 0 Å². The van der Waals surface area contributed by atoms with Crippen LogP contribution < -0.4 is 9.80 Å². The molecular weight excluding hydrogens is 552 g/mol. The maximum absolute atomic E-state index is 14.3. The fourth-order valence-electron chi connectivity index (χ4n) is 8.14. The highest BCUT2D eigenvalue weighted by molar-refractivity contribution is 6.24. The van der Waals surface area contributed by atoms with Crippen molar-refractivity contribution >= 4 is 35.0 Å². The van der Waals surface area contributed by atoms with E-state index in [-0.39, 0.29) is 29.4 Å². The first-order valence-electron chi connectivity index (χ1n) is 15.7.